The van der Waals surface area contributed by atoms with E-state index in [1.807, 2.05) is 24.3 Å². The highest BCUT2D eigenvalue weighted by Gasteiger charge is 1.97. The van der Waals surface area contributed by atoms with Crippen LogP contribution in [0.1, 0.15) is 11.1 Å². The van der Waals surface area contributed by atoms with Gasteiger partial charge in [-0.1, -0.05) is 24.3 Å². The Morgan fingerprint density at radius 2 is 1.76 bits per heavy atom. The third-order valence-corrected chi connectivity index (χ3v) is 3.01. The van der Waals surface area contributed by atoms with Crippen molar-refractivity contribution in [3.05, 3.63) is 65.7 Å². The standard InChI is InChI=1S/C17H18N2O2/c18-15-6-1-13(2-7-15)5-10-17(21)19-12-11-14-3-8-16(20)9-4-14/h1-10,20H,11-12,18H2,(H,19,21)/b10-5+. The number of carbonyl (C=O) groups excluding carboxylic acids is 1. The Morgan fingerprint density at radius 1 is 1.10 bits per heavy atom. The molecule has 0 unspecified atom stereocenters. The predicted molar refractivity (Wildman–Crippen MR) is 84.7 cm³/mol. The molecule has 0 spiro atoms. The molecule has 4 nitrogen and oxygen atoms in total. The highest BCUT2D eigenvalue weighted by Crippen LogP contribution is 2.09. The zero-order chi connectivity index (χ0) is 15.1. The molecule has 0 aliphatic heterocycles. The van der Waals surface area contributed by atoms with E-state index < -0.39 is 0 Å². The van der Waals surface area contributed by atoms with Crippen LogP contribution in [0.15, 0.2) is 54.6 Å². The van der Waals surface area contributed by atoms with Crippen LogP contribution in [0.4, 0.5) is 5.69 Å². The van der Waals surface area contributed by atoms with E-state index in [0.717, 1.165) is 17.5 Å². The summed E-state index contributed by atoms with van der Waals surface area (Å²) < 4.78 is 0. The first-order valence-corrected chi connectivity index (χ1v) is 6.73. The number of aromatic hydroxyl groups is 1. The maximum Gasteiger partial charge on any atom is 0.244 e. The van der Waals surface area contributed by atoms with E-state index in [1.165, 1.54) is 6.08 Å². The van der Waals surface area contributed by atoms with Crippen LogP contribution in [0.3, 0.4) is 0 Å². The zero-order valence-electron chi connectivity index (χ0n) is 11.6. The van der Waals surface area contributed by atoms with Gasteiger partial charge in [-0.05, 0) is 47.9 Å². The second-order valence-corrected chi connectivity index (χ2v) is 4.71. The number of anilines is 1. The summed E-state index contributed by atoms with van der Waals surface area (Å²) in [4.78, 5) is 11.7. The third-order valence-electron chi connectivity index (χ3n) is 3.01. The maximum absolute atomic E-state index is 11.7. The molecule has 0 aliphatic rings. The highest BCUT2D eigenvalue weighted by molar-refractivity contribution is 5.91. The van der Waals surface area contributed by atoms with Gasteiger partial charge in [0, 0.05) is 18.3 Å². The lowest BCUT2D eigenvalue weighted by atomic mass is 10.1. The summed E-state index contributed by atoms with van der Waals surface area (Å²) in [5, 5.41) is 12.0. The molecule has 4 N–H and O–H groups in total. The Labute approximate surface area is 123 Å². The van der Waals surface area contributed by atoms with E-state index in [9.17, 15) is 9.90 Å². The van der Waals surface area contributed by atoms with Gasteiger partial charge in [0.05, 0.1) is 0 Å². The van der Waals surface area contributed by atoms with Crippen molar-refractivity contribution in [3.8, 4) is 5.75 Å². The van der Waals surface area contributed by atoms with Gasteiger partial charge in [-0.15, -0.1) is 0 Å². The number of rotatable bonds is 5. The average molecular weight is 282 g/mol. The normalized spacial score (nSPS) is 10.7. The minimum atomic E-state index is -0.134. The van der Waals surface area contributed by atoms with Crippen LogP contribution in [-0.2, 0) is 11.2 Å². The van der Waals surface area contributed by atoms with Crippen molar-refractivity contribution in [1.82, 2.24) is 5.32 Å². The summed E-state index contributed by atoms with van der Waals surface area (Å²) >= 11 is 0. The minimum Gasteiger partial charge on any atom is -0.508 e. The molecule has 0 atom stereocenters. The largest absolute Gasteiger partial charge is 0.508 e. The van der Waals surface area contributed by atoms with Gasteiger partial charge in [0.1, 0.15) is 5.75 Å². The van der Waals surface area contributed by atoms with Gasteiger partial charge < -0.3 is 16.2 Å². The molecule has 0 bridgehead atoms. The van der Waals surface area contributed by atoms with Crippen LogP contribution >= 0.6 is 0 Å². The lowest BCUT2D eigenvalue weighted by Crippen LogP contribution is -2.23. The molecule has 2 rings (SSSR count). The Morgan fingerprint density at radius 3 is 2.43 bits per heavy atom. The van der Waals surface area contributed by atoms with Gasteiger partial charge in [0.15, 0.2) is 0 Å². The minimum absolute atomic E-state index is 0.134. The van der Waals surface area contributed by atoms with Crippen LogP contribution in [0, 0.1) is 0 Å². The number of amides is 1. The van der Waals surface area contributed by atoms with Crippen LogP contribution < -0.4 is 11.1 Å². The lowest BCUT2D eigenvalue weighted by Gasteiger charge is -2.03. The van der Waals surface area contributed by atoms with E-state index in [0.29, 0.717) is 12.2 Å². The van der Waals surface area contributed by atoms with Crippen molar-refractivity contribution < 1.29 is 9.90 Å². The molecule has 1 amide bonds. The first kappa shape index (κ1) is 14.7. The lowest BCUT2D eigenvalue weighted by molar-refractivity contribution is -0.116. The number of phenols is 1. The number of hydrogen-bond donors (Lipinski definition) is 3. The molecule has 2 aromatic carbocycles. The summed E-state index contributed by atoms with van der Waals surface area (Å²) in [6.07, 6.45) is 3.97. The number of hydrogen-bond acceptors (Lipinski definition) is 3. The van der Waals surface area contributed by atoms with Gasteiger partial charge in [-0.3, -0.25) is 4.79 Å². The van der Waals surface area contributed by atoms with E-state index in [2.05, 4.69) is 5.32 Å². The van der Waals surface area contributed by atoms with Crippen LogP contribution in [0.25, 0.3) is 6.08 Å². The molecule has 4 heteroatoms. The number of benzene rings is 2. The Balaban J connectivity index is 1.77. The Hall–Kier alpha value is -2.75. The van der Waals surface area contributed by atoms with E-state index in [1.54, 1.807) is 30.3 Å². The number of phenolic OH excluding ortho intramolecular Hbond substituents is 1. The Kier molecular flexibility index (Phi) is 4.99. The number of nitrogens with one attached hydrogen (secondary N) is 1. The van der Waals surface area contributed by atoms with Crippen molar-refractivity contribution in [2.24, 2.45) is 0 Å². The van der Waals surface area contributed by atoms with Crippen LogP contribution in [0.2, 0.25) is 0 Å². The maximum atomic E-state index is 11.7. The Bertz CT molecular complexity index is 616. The SMILES string of the molecule is Nc1ccc(/C=C/C(=O)NCCc2ccc(O)cc2)cc1. The molecule has 0 aromatic heterocycles. The summed E-state index contributed by atoms with van der Waals surface area (Å²) in [5.41, 5.74) is 8.29. The smallest absolute Gasteiger partial charge is 0.244 e. The first-order chi connectivity index (χ1) is 10.1. The molecule has 108 valence electrons. The molecule has 21 heavy (non-hydrogen) atoms. The zero-order valence-corrected chi connectivity index (χ0v) is 11.6. The molecular formula is C17H18N2O2. The molecule has 0 radical (unpaired) electrons. The van der Waals surface area contributed by atoms with Crippen molar-refractivity contribution >= 4 is 17.7 Å². The topological polar surface area (TPSA) is 75.4 Å². The predicted octanol–water partition coefficient (Wildman–Crippen LogP) is 2.35. The summed E-state index contributed by atoms with van der Waals surface area (Å²) in [6, 6.07) is 14.3. The van der Waals surface area contributed by atoms with Gasteiger partial charge >= 0.3 is 0 Å². The summed E-state index contributed by atoms with van der Waals surface area (Å²) in [5.74, 6) is 0.111. The molecule has 0 heterocycles. The summed E-state index contributed by atoms with van der Waals surface area (Å²) in [7, 11) is 0. The van der Waals surface area contributed by atoms with Crippen molar-refractivity contribution in [2.45, 2.75) is 6.42 Å². The molecule has 0 aliphatic carbocycles. The van der Waals surface area contributed by atoms with Crippen LogP contribution in [0.5, 0.6) is 5.75 Å². The molecule has 0 saturated heterocycles. The fourth-order valence-electron chi connectivity index (χ4n) is 1.83. The van der Waals surface area contributed by atoms with Gasteiger partial charge in [0.25, 0.3) is 0 Å². The number of carbonyl (C=O) groups is 1. The average Bonchev–Trinajstić information content (AvgIpc) is 2.49. The van der Waals surface area contributed by atoms with Crippen molar-refractivity contribution in [2.75, 3.05) is 12.3 Å². The molecule has 0 fully saturated rings. The van der Waals surface area contributed by atoms with Gasteiger partial charge in [0.2, 0.25) is 5.91 Å². The third kappa shape index (κ3) is 5.03. The summed E-state index contributed by atoms with van der Waals surface area (Å²) in [6.45, 7) is 0.551. The fourth-order valence-corrected chi connectivity index (χ4v) is 1.83. The highest BCUT2D eigenvalue weighted by atomic mass is 16.3. The number of nitrogens with two attached hydrogens (primary N) is 1. The van der Waals surface area contributed by atoms with E-state index in [-0.39, 0.29) is 11.7 Å². The second-order valence-electron chi connectivity index (χ2n) is 4.71. The van der Waals surface area contributed by atoms with Crippen molar-refractivity contribution in [3.63, 3.8) is 0 Å². The molecular weight excluding hydrogens is 264 g/mol. The van der Waals surface area contributed by atoms with E-state index >= 15 is 0 Å². The van der Waals surface area contributed by atoms with Crippen molar-refractivity contribution in [1.29, 1.82) is 0 Å². The fraction of sp³-hybridized carbons (Fsp3) is 0.118. The van der Waals surface area contributed by atoms with Gasteiger partial charge in [-0.2, -0.15) is 0 Å². The van der Waals surface area contributed by atoms with E-state index in [4.69, 9.17) is 5.73 Å². The van der Waals surface area contributed by atoms with Gasteiger partial charge in [-0.25, -0.2) is 0 Å². The number of nitrogen functional groups attached to an aromatic ring is 1. The quantitative estimate of drug-likeness (QED) is 0.582. The molecule has 2 aromatic rings. The first-order valence-electron chi connectivity index (χ1n) is 6.73. The molecule has 0 saturated carbocycles. The van der Waals surface area contributed by atoms with Crippen LogP contribution in [-0.4, -0.2) is 17.6 Å². The monoisotopic (exact) mass is 282 g/mol. The second kappa shape index (κ2) is 7.14.